The Balaban J connectivity index is 1.40. The number of methoxy groups -OCH3 is 1. The Kier molecular flexibility index (Phi) is 5.45. The highest BCUT2D eigenvalue weighted by Crippen LogP contribution is 2.21. The number of aromatic nitrogens is 2. The van der Waals surface area contributed by atoms with Crippen LogP contribution in [0.2, 0.25) is 0 Å². The molecule has 0 spiro atoms. The van der Waals surface area contributed by atoms with E-state index in [1.165, 1.54) is 10.6 Å². The number of anilines is 1. The zero-order valence-corrected chi connectivity index (χ0v) is 17.0. The van der Waals surface area contributed by atoms with Crippen molar-refractivity contribution in [3.8, 4) is 17.2 Å². The lowest BCUT2D eigenvalue weighted by Crippen LogP contribution is -3.14. The van der Waals surface area contributed by atoms with Crippen molar-refractivity contribution in [3.63, 3.8) is 0 Å². The Labute approximate surface area is 169 Å². The van der Waals surface area contributed by atoms with Gasteiger partial charge in [0.15, 0.2) is 6.67 Å². The van der Waals surface area contributed by atoms with Crippen molar-refractivity contribution in [2.45, 2.75) is 13.6 Å². The molecule has 0 amide bonds. The molecule has 4 rings (SSSR count). The summed E-state index contributed by atoms with van der Waals surface area (Å²) in [5, 5.41) is 4.63. The van der Waals surface area contributed by atoms with Crippen LogP contribution in [0.5, 0.6) is 5.75 Å². The first kappa shape index (κ1) is 18.7. The zero-order valence-electron chi connectivity index (χ0n) is 16.2. The molecule has 146 valence electrons. The van der Waals surface area contributed by atoms with Crippen LogP contribution in [0.15, 0.2) is 52.9 Å². The summed E-state index contributed by atoms with van der Waals surface area (Å²) in [7, 11) is 1.69. The maximum absolute atomic E-state index is 5.77. The van der Waals surface area contributed by atoms with E-state index >= 15 is 0 Å². The fraction of sp³-hybridized carbons (Fsp3) is 0.333. The largest absolute Gasteiger partial charge is 0.497 e. The molecule has 1 aliphatic heterocycles. The number of ether oxygens (including phenoxy) is 1. The van der Waals surface area contributed by atoms with Crippen LogP contribution in [0.1, 0.15) is 5.56 Å². The first-order chi connectivity index (χ1) is 13.6. The lowest BCUT2D eigenvalue weighted by atomic mass is 10.1. The summed E-state index contributed by atoms with van der Waals surface area (Å²) in [6, 6.07) is 16.3. The third-order valence-electron chi connectivity index (χ3n) is 5.26. The second kappa shape index (κ2) is 8.16. The third-order valence-corrected chi connectivity index (χ3v) is 5.56. The van der Waals surface area contributed by atoms with E-state index < -0.39 is 0 Å². The molecule has 0 atom stereocenters. The van der Waals surface area contributed by atoms with E-state index in [4.69, 9.17) is 21.4 Å². The Morgan fingerprint density at radius 1 is 1.11 bits per heavy atom. The Morgan fingerprint density at radius 2 is 1.82 bits per heavy atom. The van der Waals surface area contributed by atoms with Gasteiger partial charge in [-0.05, 0) is 55.0 Å². The average molecular weight is 398 g/mol. The summed E-state index contributed by atoms with van der Waals surface area (Å²) in [6.07, 6.45) is 0. The SMILES string of the molecule is COc1ccc(N2CC[NH+](Cn3nc(-c4ccccc4C)oc3=S)CC2)cc1. The van der Waals surface area contributed by atoms with Crippen molar-refractivity contribution >= 4 is 17.9 Å². The van der Waals surface area contributed by atoms with E-state index in [-0.39, 0.29) is 0 Å². The van der Waals surface area contributed by atoms with Crippen molar-refractivity contribution in [2.75, 3.05) is 38.2 Å². The minimum Gasteiger partial charge on any atom is -0.497 e. The summed E-state index contributed by atoms with van der Waals surface area (Å²) < 4.78 is 12.8. The molecule has 1 saturated heterocycles. The second-order valence-electron chi connectivity index (χ2n) is 7.08. The van der Waals surface area contributed by atoms with E-state index in [2.05, 4.69) is 35.1 Å². The van der Waals surface area contributed by atoms with Gasteiger partial charge in [-0.1, -0.05) is 18.2 Å². The van der Waals surface area contributed by atoms with Crippen LogP contribution in [0, 0.1) is 11.8 Å². The molecular formula is C21H25N4O2S+. The van der Waals surface area contributed by atoms with Crippen LogP contribution in [0.3, 0.4) is 0 Å². The molecule has 1 fully saturated rings. The highest BCUT2D eigenvalue weighted by Gasteiger charge is 2.22. The van der Waals surface area contributed by atoms with Crippen molar-refractivity contribution in [3.05, 3.63) is 58.9 Å². The van der Waals surface area contributed by atoms with Gasteiger partial charge in [-0.25, -0.2) is 0 Å². The van der Waals surface area contributed by atoms with Gasteiger partial charge in [0, 0.05) is 11.3 Å². The fourth-order valence-corrected chi connectivity index (χ4v) is 3.76. The number of quaternary nitrogens is 1. The van der Waals surface area contributed by atoms with Crippen LogP contribution in [-0.2, 0) is 6.67 Å². The zero-order chi connectivity index (χ0) is 19.5. The number of benzene rings is 2. The summed E-state index contributed by atoms with van der Waals surface area (Å²) in [5.41, 5.74) is 3.36. The first-order valence-corrected chi connectivity index (χ1v) is 9.91. The predicted octanol–water partition coefficient (Wildman–Crippen LogP) is 2.55. The second-order valence-corrected chi connectivity index (χ2v) is 7.43. The number of rotatable bonds is 5. The molecule has 28 heavy (non-hydrogen) atoms. The summed E-state index contributed by atoms with van der Waals surface area (Å²) in [5.74, 6) is 1.48. The van der Waals surface area contributed by atoms with Gasteiger partial charge >= 0.3 is 0 Å². The van der Waals surface area contributed by atoms with E-state index in [0.717, 1.165) is 49.7 Å². The number of piperazine rings is 1. The summed E-state index contributed by atoms with van der Waals surface area (Å²) in [6.45, 7) is 6.83. The van der Waals surface area contributed by atoms with E-state index in [0.29, 0.717) is 10.7 Å². The summed E-state index contributed by atoms with van der Waals surface area (Å²) in [4.78, 5) is 4.29. The molecule has 0 bridgehead atoms. The lowest BCUT2D eigenvalue weighted by Gasteiger charge is -2.33. The van der Waals surface area contributed by atoms with Crippen molar-refractivity contribution in [1.82, 2.24) is 9.78 Å². The quantitative estimate of drug-likeness (QED) is 0.671. The number of nitrogens with one attached hydrogen (secondary N) is 1. The molecule has 2 heterocycles. The first-order valence-electron chi connectivity index (χ1n) is 9.50. The van der Waals surface area contributed by atoms with Crippen LogP contribution in [0.25, 0.3) is 11.5 Å². The van der Waals surface area contributed by atoms with Crippen LogP contribution in [-0.4, -0.2) is 43.1 Å². The van der Waals surface area contributed by atoms with Crippen LogP contribution < -0.4 is 14.5 Å². The smallest absolute Gasteiger partial charge is 0.292 e. The molecular weight excluding hydrogens is 372 g/mol. The van der Waals surface area contributed by atoms with Crippen molar-refractivity contribution < 1.29 is 14.1 Å². The van der Waals surface area contributed by atoms with Gasteiger partial charge < -0.3 is 19.0 Å². The van der Waals surface area contributed by atoms with Crippen LogP contribution >= 0.6 is 12.2 Å². The van der Waals surface area contributed by atoms with Crippen molar-refractivity contribution in [2.24, 2.45) is 0 Å². The molecule has 1 aliphatic rings. The van der Waals surface area contributed by atoms with Gasteiger partial charge in [0.1, 0.15) is 5.75 Å². The maximum atomic E-state index is 5.77. The average Bonchev–Trinajstić information content (AvgIpc) is 3.09. The van der Waals surface area contributed by atoms with Crippen LogP contribution in [0.4, 0.5) is 5.69 Å². The van der Waals surface area contributed by atoms with Gasteiger partial charge in [0.25, 0.3) is 4.84 Å². The normalized spacial score (nSPS) is 15.0. The van der Waals surface area contributed by atoms with Gasteiger partial charge in [0.2, 0.25) is 5.89 Å². The number of aryl methyl sites for hydroxylation is 1. The highest BCUT2D eigenvalue weighted by molar-refractivity contribution is 7.71. The third kappa shape index (κ3) is 3.95. The molecule has 2 aromatic carbocycles. The molecule has 0 aliphatic carbocycles. The number of nitrogens with zero attached hydrogens (tertiary/aromatic N) is 3. The minimum atomic E-state index is 0.434. The number of hydrogen-bond acceptors (Lipinski definition) is 5. The minimum absolute atomic E-state index is 0.434. The standard InChI is InChI=1S/C21H24N4O2S/c1-16-5-3-4-6-19(16)20-22-25(21(28)27-20)15-23-11-13-24(14-12-23)17-7-9-18(26-2)10-8-17/h3-10H,11-15H2,1-2H3/p+1. The molecule has 0 unspecified atom stereocenters. The molecule has 0 radical (unpaired) electrons. The van der Waals surface area contributed by atoms with E-state index in [1.807, 2.05) is 35.0 Å². The van der Waals surface area contributed by atoms with E-state index in [9.17, 15) is 0 Å². The topological polar surface area (TPSA) is 47.9 Å². The Bertz CT molecular complexity index is 988. The van der Waals surface area contributed by atoms with E-state index in [1.54, 1.807) is 7.11 Å². The monoisotopic (exact) mass is 397 g/mol. The van der Waals surface area contributed by atoms with Crippen molar-refractivity contribution in [1.29, 1.82) is 0 Å². The molecule has 6 nitrogen and oxygen atoms in total. The number of hydrogen-bond donors (Lipinski definition) is 1. The molecule has 3 aromatic rings. The Morgan fingerprint density at radius 3 is 2.50 bits per heavy atom. The van der Waals surface area contributed by atoms with Gasteiger partial charge in [-0.3, -0.25) is 0 Å². The molecule has 7 heteroatoms. The van der Waals surface area contributed by atoms with Gasteiger partial charge in [0.05, 0.1) is 33.3 Å². The lowest BCUT2D eigenvalue weighted by molar-refractivity contribution is -0.924. The molecule has 1 N–H and O–H groups in total. The summed E-state index contributed by atoms with van der Waals surface area (Å²) >= 11 is 5.41. The fourth-order valence-electron chi connectivity index (χ4n) is 3.57. The maximum Gasteiger partial charge on any atom is 0.292 e. The molecule has 1 aromatic heterocycles. The highest BCUT2D eigenvalue weighted by atomic mass is 32.1. The van der Waals surface area contributed by atoms with Gasteiger partial charge in [-0.2, -0.15) is 4.68 Å². The van der Waals surface area contributed by atoms with Gasteiger partial charge in [-0.15, -0.1) is 5.10 Å². The Hall–Kier alpha value is -2.64. The molecule has 0 saturated carbocycles. The predicted molar refractivity (Wildman–Crippen MR) is 111 cm³/mol.